The molecule has 0 radical (unpaired) electrons. The Balaban J connectivity index is 1.60. The molecular weight excluding hydrogens is 381 g/mol. The largest absolute Gasteiger partial charge is 0.322 e. The first-order valence-corrected chi connectivity index (χ1v) is 10.6. The van der Waals surface area contributed by atoms with E-state index in [9.17, 15) is 17.6 Å². The molecule has 0 aliphatic carbocycles. The van der Waals surface area contributed by atoms with Crippen LogP contribution in [0.3, 0.4) is 0 Å². The van der Waals surface area contributed by atoms with Gasteiger partial charge in [0.1, 0.15) is 5.82 Å². The van der Waals surface area contributed by atoms with E-state index in [4.69, 9.17) is 0 Å². The molecule has 0 bridgehead atoms. The minimum Gasteiger partial charge on any atom is -0.322 e. The standard InChI is InChI=1S/C20H24FN3O3S/c1-15-7-9-17(10-8-15)28(26,27)24-13-11-23(12-14-24)16(2)20(25)22-19-6-4-3-5-18(19)21/h3-10,16H,11-14H2,1-2H3,(H,22,25)/t16-/m1/s1. The Morgan fingerprint density at radius 2 is 1.64 bits per heavy atom. The minimum atomic E-state index is -3.55. The molecule has 0 saturated carbocycles. The number of benzene rings is 2. The Morgan fingerprint density at radius 3 is 2.25 bits per heavy atom. The Morgan fingerprint density at radius 1 is 1.04 bits per heavy atom. The quantitative estimate of drug-likeness (QED) is 0.830. The molecular formula is C20H24FN3O3S. The predicted octanol–water partition coefficient (Wildman–Crippen LogP) is 2.47. The van der Waals surface area contributed by atoms with Gasteiger partial charge in [0, 0.05) is 26.2 Å². The van der Waals surface area contributed by atoms with Gasteiger partial charge in [-0.25, -0.2) is 12.8 Å². The number of hydrogen-bond donors (Lipinski definition) is 1. The Kier molecular flexibility index (Phi) is 6.12. The maximum absolute atomic E-state index is 13.7. The first-order valence-electron chi connectivity index (χ1n) is 9.15. The van der Waals surface area contributed by atoms with Gasteiger partial charge in [-0.3, -0.25) is 9.69 Å². The van der Waals surface area contributed by atoms with Gasteiger partial charge in [0.2, 0.25) is 15.9 Å². The first kappa shape index (κ1) is 20.4. The molecule has 8 heteroatoms. The third-order valence-electron chi connectivity index (χ3n) is 4.99. The summed E-state index contributed by atoms with van der Waals surface area (Å²) in [5.74, 6) is -0.808. The van der Waals surface area contributed by atoms with E-state index < -0.39 is 21.9 Å². The lowest BCUT2D eigenvalue weighted by atomic mass is 10.2. The van der Waals surface area contributed by atoms with E-state index >= 15 is 0 Å². The molecule has 1 aliphatic heterocycles. The number of anilines is 1. The zero-order valence-electron chi connectivity index (χ0n) is 15.9. The second-order valence-electron chi connectivity index (χ2n) is 6.90. The summed E-state index contributed by atoms with van der Waals surface area (Å²) >= 11 is 0. The van der Waals surface area contributed by atoms with Crippen LogP contribution < -0.4 is 5.32 Å². The Labute approximate surface area is 165 Å². The smallest absolute Gasteiger partial charge is 0.243 e. The van der Waals surface area contributed by atoms with Crippen LogP contribution >= 0.6 is 0 Å². The highest BCUT2D eigenvalue weighted by Crippen LogP contribution is 2.20. The van der Waals surface area contributed by atoms with Crippen molar-refractivity contribution in [2.45, 2.75) is 24.8 Å². The first-order chi connectivity index (χ1) is 13.3. The van der Waals surface area contributed by atoms with Crippen molar-refractivity contribution in [3.8, 4) is 0 Å². The van der Waals surface area contributed by atoms with Crippen LogP contribution in [0.5, 0.6) is 0 Å². The number of amides is 1. The van der Waals surface area contributed by atoms with Gasteiger partial charge in [-0.2, -0.15) is 4.31 Å². The highest BCUT2D eigenvalue weighted by Gasteiger charge is 2.31. The number of carbonyl (C=O) groups excluding carboxylic acids is 1. The summed E-state index contributed by atoms with van der Waals surface area (Å²) in [6, 6.07) is 12.3. The van der Waals surface area contributed by atoms with Gasteiger partial charge in [-0.1, -0.05) is 29.8 Å². The molecule has 1 aliphatic rings. The number of para-hydroxylation sites is 1. The second-order valence-corrected chi connectivity index (χ2v) is 8.84. The Bertz CT molecular complexity index is 939. The number of hydrogen-bond acceptors (Lipinski definition) is 4. The fraction of sp³-hybridized carbons (Fsp3) is 0.350. The fourth-order valence-electron chi connectivity index (χ4n) is 3.16. The lowest BCUT2D eigenvalue weighted by Crippen LogP contribution is -2.53. The van der Waals surface area contributed by atoms with Crippen LogP contribution in [0.1, 0.15) is 12.5 Å². The van der Waals surface area contributed by atoms with Crippen molar-refractivity contribution in [1.82, 2.24) is 9.21 Å². The van der Waals surface area contributed by atoms with Gasteiger partial charge in [0.15, 0.2) is 0 Å². The van der Waals surface area contributed by atoms with Crippen LogP contribution in [-0.2, 0) is 14.8 Å². The van der Waals surface area contributed by atoms with Crippen LogP contribution in [0, 0.1) is 12.7 Å². The van der Waals surface area contributed by atoms with Crippen molar-refractivity contribution < 1.29 is 17.6 Å². The number of nitrogens with zero attached hydrogens (tertiary/aromatic N) is 2. The molecule has 1 N–H and O–H groups in total. The Hall–Kier alpha value is -2.29. The van der Waals surface area contributed by atoms with Crippen LogP contribution in [0.15, 0.2) is 53.4 Å². The number of piperazine rings is 1. The number of aryl methyl sites for hydroxylation is 1. The van der Waals surface area contributed by atoms with E-state index in [0.717, 1.165) is 5.56 Å². The van der Waals surface area contributed by atoms with Gasteiger partial charge in [0.25, 0.3) is 0 Å². The molecule has 2 aromatic carbocycles. The second kappa shape index (κ2) is 8.38. The van der Waals surface area contributed by atoms with Crippen molar-refractivity contribution in [2.24, 2.45) is 0 Å². The van der Waals surface area contributed by atoms with Crippen LogP contribution in [0.2, 0.25) is 0 Å². The van der Waals surface area contributed by atoms with E-state index in [0.29, 0.717) is 26.2 Å². The van der Waals surface area contributed by atoms with Crippen molar-refractivity contribution in [3.63, 3.8) is 0 Å². The monoisotopic (exact) mass is 405 g/mol. The van der Waals surface area contributed by atoms with Crippen molar-refractivity contribution in [2.75, 3.05) is 31.5 Å². The lowest BCUT2D eigenvalue weighted by Gasteiger charge is -2.36. The van der Waals surface area contributed by atoms with Crippen molar-refractivity contribution in [1.29, 1.82) is 0 Å². The van der Waals surface area contributed by atoms with E-state index in [-0.39, 0.29) is 16.5 Å². The molecule has 0 aromatic heterocycles. The molecule has 28 heavy (non-hydrogen) atoms. The molecule has 6 nitrogen and oxygen atoms in total. The van der Waals surface area contributed by atoms with Gasteiger partial charge in [-0.15, -0.1) is 0 Å². The summed E-state index contributed by atoms with van der Waals surface area (Å²) in [6.45, 7) is 5.10. The summed E-state index contributed by atoms with van der Waals surface area (Å²) in [4.78, 5) is 14.6. The zero-order valence-corrected chi connectivity index (χ0v) is 16.7. The van der Waals surface area contributed by atoms with Gasteiger partial charge < -0.3 is 5.32 Å². The number of nitrogens with one attached hydrogen (secondary N) is 1. The summed E-state index contributed by atoms with van der Waals surface area (Å²) in [7, 11) is -3.55. The molecule has 1 saturated heterocycles. The molecule has 150 valence electrons. The van der Waals surface area contributed by atoms with Gasteiger partial charge in [0.05, 0.1) is 16.6 Å². The van der Waals surface area contributed by atoms with Gasteiger partial charge >= 0.3 is 0 Å². The summed E-state index contributed by atoms with van der Waals surface area (Å²) in [5.41, 5.74) is 1.14. The predicted molar refractivity (Wildman–Crippen MR) is 106 cm³/mol. The molecule has 1 amide bonds. The number of sulfonamides is 1. The molecule has 1 atom stereocenters. The van der Waals surface area contributed by atoms with E-state index in [1.165, 1.54) is 16.4 Å². The third-order valence-corrected chi connectivity index (χ3v) is 6.90. The van der Waals surface area contributed by atoms with Crippen LogP contribution in [0.25, 0.3) is 0 Å². The van der Waals surface area contributed by atoms with Crippen LogP contribution in [-0.4, -0.2) is 55.8 Å². The lowest BCUT2D eigenvalue weighted by molar-refractivity contribution is -0.121. The average Bonchev–Trinajstić information content (AvgIpc) is 2.69. The van der Waals surface area contributed by atoms with Crippen molar-refractivity contribution in [3.05, 3.63) is 59.9 Å². The molecule has 1 heterocycles. The fourth-order valence-corrected chi connectivity index (χ4v) is 4.58. The molecule has 2 aromatic rings. The third kappa shape index (κ3) is 4.40. The van der Waals surface area contributed by atoms with Crippen molar-refractivity contribution >= 4 is 21.6 Å². The average molecular weight is 405 g/mol. The maximum atomic E-state index is 13.7. The molecule has 1 fully saturated rings. The minimum absolute atomic E-state index is 0.139. The van der Waals surface area contributed by atoms with Crippen LogP contribution in [0.4, 0.5) is 10.1 Å². The molecule has 0 spiro atoms. The molecule has 0 unspecified atom stereocenters. The summed E-state index contributed by atoms with van der Waals surface area (Å²) in [6.07, 6.45) is 0. The molecule has 3 rings (SSSR count). The maximum Gasteiger partial charge on any atom is 0.243 e. The SMILES string of the molecule is Cc1ccc(S(=O)(=O)N2CCN([C@H](C)C(=O)Nc3ccccc3F)CC2)cc1. The normalized spacial score (nSPS) is 17.2. The van der Waals surface area contributed by atoms with Gasteiger partial charge in [-0.05, 0) is 38.1 Å². The number of halogens is 1. The highest BCUT2D eigenvalue weighted by molar-refractivity contribution is 7.89. The summed E-state index contributed by atoms with van der Waals surface area (Å²) in [5, 5.41) is 2.59. The summed E-state index contributed by atoms with van der Waals surface area (Å²) < 4.78 is 40.7. The van der Waals surface area contributed by atoms with E-state index in [2.05, 4.69) is 5.32 Å². The highest BCUT2D eigenvalue weighted by atomic mass is 32.2. The van der Waals surface area contributed by atoms with E-state index in [1.807, 2.05) is 11.8 Å². The topological polar surface area (TPSA) is 69.7 Å². The van der Waals surface area contributed by atoms with E-state index in [1.54, 1.807) is 43.3 Å². The number of carbonyl (C=O) groups is 1. The zero-order chi connectivity index (χ0) is 20.3. The number of rotatable bonds is 5.